The van der Waals surface area contributed by atoms with Crippen LogP contribution in [0.1, 0.15) is 35.6 Å². The number of ether oxygens (including phenoxy) is 1. The van der Waals surface area contributed by atoms with Crippen molar-refractivity contribution in [3.8, 4) is 5.75 Å². The van der Waals surface area contributed by atoms with Crippen molar-refractivity contribution in [1.82, 2.24) is 14.8 Å². The molecular weight excluding hydrogens is 318 g/mol. The van der Waals surface area contributed by atoms with E-state index in [4.69, 9.17) is 4.74 Å². The molecule has 0 radical (unpaired) electrons. The molecule has 2 heterocycles. The van der Waals surface area contributed by atoms with Crippen molar-refractivity contribution < 1.29 is 4.74 Å². The third-order valence-electron chi connectivity index (χ3n) is 3.71. The van der Waals surface area contributed by atoms with Crippen LogP contribution in [0, 0.1) is 13.8 Å². The first-order chi connectivity index (χ1) is 9.65. The summed E-state index contributed by atoms with van der Waals surface area (Å²) < 4.78 is 9.23. The summed E-state index contributed by atoms with van der Waals surface area (Å²) in [6, 6.07) is 4.09. The lowest BCUT2D eigenvalue weighted by Crippen LogP contribution is -2.14. The molecule has 3 rings (SSSR count). The monoisotopic (exact) mass is 335 g/mol. The summed E-state index contributed by atoms with van der Waals surface area (Å²) in [6.45, 7) is 5.64. The van der Waals surface area contributed by atoms with Gasteiger partial charge < -0.3 is 9.30 Å². The molecule has 0 amide bonds. The maximum Gasteiger partial charge on any atom is 0.171 e. The lowest BCUT2D eigenvalue weighted by Gasteiger charge is -2.15. The van der Waals surface area contributed by atoms with Gasteiger partial charge in [0.2, 0.25) is 0 Å². The average molecular weight is 336 g/mol. The molecule has 4 nitrogen and oxygen atoms in total. The maximum absolute atomic E-state index is 5.89. The van der Waals surface area contributed by atoms with Crippen LogP contribution in [0.4, 0.5) is 0 Å². The minimum atomic E-state index is 0.480. The maximum atomic E-state index is 5.89. The Morgan fingerprint density at radius 1 is 1.20 bits per heavy atom. The van der Waals surface area contributed by atoms with E-state index in [0.717, 1.165) is 34.8 Å². The van der Waals surface area contributed by atoms with Gasteiger partial charge in [0, 0.05) is 17.4 Å². The molecular formula is C15H18BrN3O. The second-order valence-corrected chi connectivity index (χ2v) is 6.09. The molecule has 0 N–H and O–H groups in total. The molecule has 0 atom stereocenters. The molecule has 0 unspecified atom stereocenters. The van der Waals surface area contributed by atoms with Gasteiger partial charge in [-0.05, 0) is 49.9 Å². The van der Waals surface area contributed by atoms with Gasteiger partial charge in [0.15, 0.2) is 5.82 Å². The summed E-state index contributed by atoms with van der Waals surface area (Å²) in [5.74, 6) is 2.91. The van der Waals surface area contributed by atoms with Crippen molar-refractivity contribution >= 4 is 15.9 Å². The molecule has 1 aliphatic heterocycles. The van der Waals surface area contributed by atoms with Crippen LogP contribution in [0.2, 0.25) is 0 Å². The molecule has 0 bridgehead atoms. The molecule has 2 aromatic rings. The van der Waals surface area contributed by atoms with Gasteiger partial charge in [-0.3, -0.25) is 0 Å². The summed E-state index contributed by atoms with van der Waals surface area (Å²) in [5, 5.41) is 8.50. The van der Waals surface area contributed by atoms with E-state index >= 15 is 0 Å². The lowest BCUT2D eigenvalue weighted by molar-refractivity contribution is 0.285. The summed E-state index contributed by atoms with van der Waals surface area (Å²) in [4.78, 5) is 0. The highest BCUT2D eigenvalue weighted by atomic mass is 79.9. The predicted molar refractivity (Wildman–Crippen MR) is 80.9 cm³/mol. The van der Waals surface area contributed by atoms with Crippen LogP contribution in [-0.2, 0) is 19.6 Å². The summed E-state index contributed by atoms with van der Waals surface area (Å²) in [7, 11) is 0. The van der Waals surface area contributed by atoms with Crippen molar-refractivity contribution in [3.05, 3.63) is 39.4 Å². The van der Waals surface area contributed by atoms with Crippen LogP contribution in [0.3, 0.4) is 0 Å². The second kappa shape index (κ2) is 5.56. The number of fused-ring (bicyclic) bond motifs is 1. The van der Waals surface area contributed by atoms with Crippen LogP contribution in [-0.4, -0.2) is 14.8 Å². The van der Waals surface area contributed by atoms with Gasteiger partial charge >= 0.3 is 0 Å². The number of aromatic nitrogens is 3. The number of aryl methyl sites for hydroxylation is 3. The first kappa shape index (κ1) is 13.6. The molecule has 0 aliphatic carbocycles. The van der Waals surface area contributed by atoms with E-state index in [1.165, 1.54) is 24.0 Å². The summed E-state index contributed by atoms with van der Waals surface area (Å²) >= 11 is 3.57. The molecule has 5 heteroatoms. The Hall–Kier alpha value is -1.36. The summed E-state index contributed by atoms with van der Waals surface area (Å²) in [5.41, 5.74) is 2.37. The van der Waals surface area contributed by atoms with E-state index in [1.807, 2.05) is 12.1 Å². The minimum Gasteiger partial charge on any atom is -0.486 e. The quantitative estimate of drug-likeness (QED) is 0.860. The Balaban J connectivity index is 1.75. The van der Waals surface area contributed by atoms with Crippen molar-refractivity contribution in [1.29, 1.82) is 0 Å². The first-order valence-corrected chi connectivity index (χ1v) is 7.75. The van der Waals surface area contributed by atoms with Gasteiger partial charge in [0.05, 0.1) is 0 Å². The normalized spacial score (nSPS) is 14.2. The molecule has 0 fully saturated rings. The largest absolute Gasteiger partial charge is 0.486 e. The molecule has 106 valence electrons. The zero-order valence-corrected chi connectivity index (χ0v) is 13.4. The molecule has 20 heavy (non-hydrogen) atoms. The molecule has 0 saturated heterocycles. The van der Waals surface area contributed by atoms with Crippen molar-refractivity contribution in [2.24, 2.45) is 0 Å². The number of nitrogens with zero attached hydrogens (tertiary/aromatic N) is 3. The fourth-order valence-corrected chi connectivity index (χ4v) is 2.84. The van der Waals surface area contributed by atoms with E-state index in [9.17, 15) is 0 Å². The molecule has 1 aromatic heterocycles. The van der Waals surface area contributed by atoms with Crippen LogP contribution in [0.15, 0.2) is 16.6 Å². The number of hydrogen-bond acceptors (Lipinski definition) is 3. The number of halogens is 1. The smallest absolute Gasteiger partial charge is 0.171 e. The Bertz CT molecular complexity index is 613. The lowest BCUT2D eigenvalue weighted by atomic mass is 10.1. The molecule has 1 aromatic carbocycles. The third kappa shape index (κ3) is 2.59. The Morgan fingerprint density at radius 3 is 2.70 bits per heavy atom. The fraction of sp³-hybridized carbons (Fsp3) is 0.467. The van der Waals surface area contributed by atoms with Gasteiger partial charge in [-0.15, -0.1) is 10.2 Å². The Morgan fingerprint density at radius 2 is 1.95 bits per heavy atom. The van der Waals surface area contributed by atoms with Crippen molar-refractivity contribution in [2.75, 3.05) is 0 Å². The highest BCUT2D eigenvalue weighted by molar-refractivity contribution is 9.10. The fourth-order valence-electron chi connectivity index (χ4n) is 2.61. The highest BCUT2D eigenvalue weighted by Gasteiger charge is 2.16. The van der Waals surface area contributed by atoms with Gasteiger partial charge in [-0.2, -0.15) is 0 Å². The first-order valence-electron chi connectivity index (χ1n) is 6.95. The standard InChI is InChI=1S/C15H18BrN3O/c1-10-7-12(8-11(2)15(10)16)20-9-14-18-17-13-5-3-4-6-19(13)14/h7-8H,3-6,9H2,1-2H3. The van der Waals surface area contributed by atoms with E-state index in [2.05, 4.69) is 44.5 Å². The topological polar surface area (TPSA) is 39.9 Å². The van der Waals surface area contributed by atoms with Crippen LogP contribution in [0.5, 0.6) is 5.75 Å². The summed E-state index contributed by atoms with van der Waals surface area (Å²) in [6.07, 6.45) is 3.45. The highest BCUT2D eigenvalue weighted by Crippen LogP contribution is 2.27. The second-order valence-electron chi connectivity index (χ2n) is 5.30. The van der Waals surface area contributed by atoms with Crippen LogP contribution >= 0.6 is 15.9 Å². The van der Waals surface area contributed by atoms with Crippen molar-refractivity contribution in [2.45, 2.75) is 46.3 Å². The number of rotatable bonds is 3. The predicted octanol–water partition coefficient (Wildman–Crippen LogP) is 3.57. The Labute approximate surface area is 127 Å². The van der Waals surface area contributed by atoms with E-state index in [-0.39, 0.29) is 0 Å². The zero-order chi connectivity index (χ0) is 14.1. The van der Waals surface area contributed by atoms with Gasteiger partial charge in [-0.1, -0.05) is 15.9 Å². The zero-order valence-electron chi connectivity index (χ0n) is 11.8. The van der Waals surface area contributed by atoms with E-state index < -0.39 is 0 Å². The molecule has 1 aliphatic rings. The average Bonchev–Trinajstić information content (AvgIpc) is 2.85. The van der Waals surface area contributed by atoms with Gasteiger partial charge in [0.1, 0.15) is 18.2 Å². The number of hydrogen-bond donors (Lipinski definition) is 0. The van der Waals surface area contributed by atoms with E-state index in [1.54, 1.807) is 0 Å². The molecule has 0 spiro atoms. The minimum absolute atomic E-state index is 0.480. The van der Waals surface area contributed by atoms with Gasteiger partial charge in [0.25, 0.3) is 0 Å². The van der Waals surface area contributed by atoms with Gasteiger partial charge in [-0.25, -0.2) is 0 Å². The SMILES string of the molecule is Cc1cc(OCc2nnc3n2CCCC3)cc(C)c1Br. The number of benzene rings is 1. The Kier molecular flexibility index (Phi) is 3.78. The third-order valence-corrected chi connectivity index (χ3v) is 4.96. The van der Waals surface area contributed by atoms with Crippen LogP contribution in [0.25, 0.3) is 0 Å². The van der Waals surface area contributed by atoms with Crippen molar-refractivity contribution in [3.63, 3.8) is 0 Å². The van der Waals surface area contributed by atoms with Crippen LogP contribution < -0.4 is 4.74 Å². The molecule has 0 saturated carbocycles. The van der Waals surface area contributed by atoms with E-state index in [0.29, 0.717) is 6.61 Å².